The largest absolute Gasteiger partial charge is 0.489 e. The van der Waals surface area contributed by atoms with E-state index in [0.29, 0.717) is 23.6 Å². The number of hydrogen-bond donors (Lipinski definition) is 1. The van der Waals surface area contributed by atoms with Gasteiger partial charge in [0.15, 0.2) is 0 Å². The van der Waals surface area contributed by atoms with Gasteiger partial charge in [0, 0.05) is 17.7 Å². The second kappa shape index (κ2) is 8.62. The van der Waals surface area contributed by atoms with Crippen LogP contribution in [0.1, 0.15) is 40.9 Å². The van der Waals surface area contributed by atoms with Crippen LogP contribution in [0, 0.1) is 13.8 Å². The number of aromatic nitrogens is 1. The summed E-state index contributed by atoms with van der Waals surface area (Å²) in [4.78, 5) is 17.7. The number of ether oxygens (including phenoxy) is 2. The van der Waals surface area contributed by atoms with E-state index in [0.717, 1.165) is 41.6 Å². The average Bonchev–Trinajstić information content (AvgIpc) is 2.73. The van der Waals surface area contributed by atoms with Crippen LogP contribution in [-0.2, 0) is 4.74 Å². The quantitative estimate of drug-likeness (QED) is 0.662. The highest BCUT2D eigenvalue weighted by molar-refractivity contribution is 6.13. The summed E-state index contributed by atoms with van der Waals surface area (Å²) in [5, 5.41) is 3.87. The lowest BCUT2D eigenvalue weighted by Gasteiger charge is -2.23. The Bertz CT molecular complexity index is 1030. The fourth-order valence-electron chi connectivity index (χ4n) is 3.67. The summed E-state index contributed by atoms with van der Waals surface area (Å²) in [7, 11) is 0. The summed E-state index contributed by atoms with van der Waals surface area (Å²) in [6, 6.07) is 15.3. The van der Waals surface area contributed by atoms with Gasteiger partial charge in [-0.3, -0.25) is 9.78 Å². The number of carbonyl (C=O) groups excluding carboxylic acids is 1. The third-order valence-electron chi connectivity index (χ3n) is 5.17. The van der Waals surface area contributed by atoms with Crippen LogP contribution in [0.25, 0.3) is 10.9 Å². The van der Waals surface area contributed by atoms with Gasteiger partial charge in [0.05, 0.1) is 22.9 Å². The summed E-state index contributed by atoms with van der Waals surface area (Å²) < 4.78 is 11.7. The summed E-state index contributed by atoms with van der Waals surface area (Å²) in [6.07, 6.45) is 3.40. The van der Waals surface area contributed by atoms with Crippen LogP contribution in [0.15, 0.2) is 48.5 Å². The van der Waals surface area contributed by atoms with E-state index in [1.54, 1.807) is 0 Å². The topological polar surface area (TPSA) is 60.5 Å². The van der Waals surface area contributed by atoms with Crippen LogP contribution < -0.4 is 10.1 Å². The molecule has 2 aromatic carbocycles. The zero-order valence-electron chi connectivity index (χ0n) is 16.9. The highest BCUT2D eigenvalue weighted by Crippen LogP contribution is 2.27. The van der Waals surface area contributed by atoms with E-state index < -0.39 is 0 Å². The Hall–Kier alpha value is -2.92. The Balaban J connectivity index is 1.56. The monoisotopic (exact) mass is 390 g/mol. The number of aryl methyl sites for hydroxylation is 2. The van der Waals surface area contributed by atoms with Crippen molar-refractivity contribution in [1.29, 1.82) is 0 Å². The molecule has 29 heavy (non-hydrogen) atoms. The molecule has 5 heteroatoms. The molecule has 0 aliphatic carbocycles. The van der Waals surface area contributed by atoms with Gasteiger partial charge in [-0.1, -0.05) is 23.8 Å². The number of hydrogen-bond acceptors (Lipinski definition) is 4. The molecule has 0 saturated carbocycles. The van der Waals surface area contributed by atoms with Gasteiger partial charge in [-0.2, -0.15) is 0 Å². The Morgan fingerprint density at radius 2 is 2.03 bits per heavy atom. The number of nitrogens with zero attached hydrogens (tertiary/aromatic N) is 1. The first-order valence-electron chi connectivity index (χ1n) is 10.1. The summed E-state index contributed by atoms with van der Waals surface area (Å²) in [6.45, 7) is 5.19. The maximum Gasteiger partial charge on any atom is 0.256 e. The first kappa shape index (κ1) is 19.4. The molecule has 2 heterocycles. The number of carbonyl (C=O) groups is 1. The predicted molar refractivity (Wildman–Crippen MR) is 115 cm³/mol. The first-order valence-corrected chi connectivity index (χ1v) is 10.1. The van der Waals surface area contributed by atoms with Crippen LogP contribution in [0.3, 0.4) is 0 Å². The van der Waals surface area contributed by atoms with Gasteiger partial charge in [0.25, 0.3) is 5.91 Å². The van der Waals surface area contributed by atoms with Crippen LogP contribution in [0.4, 0.5) is 5.69 Å². The molecule has 1 atom stereocenters. The van der Waals surface area contributed by atoms with Gasteiger partial charge in [-0.05, 0) is 63.4 Å². The summed E-state index contributed by atoms with van der Waals surface area (Å²) in [5.41, 5.74) is 3.99. The summed E-state index contributed by atoms with van der Waals surface area (Å²) >= 11 is 0. The lowest BCUT2D eigenvalue weighted by molar-refractivity contribution is -0.0109. The second-order valence-corrected chi connectivity index (χ2v) is 7.58. The van der Waals surface area contributed by atoms with Crippen molar-refractivity contribution in [2.45, 2.75) is 39.2 Å². The van der Waals surface area contributed by atoms with Gasteiger partial charge in [-0.15, -0.1) is 0 Å². The number of para-hydroxylation sites is 2. The third-order valence-corrected chi connectivity index (χ3v) is 5.17. The Kier molecular flexibility index (Phi) is 5.76. The molecule has 0 radical (unpaired) electrons. The van der Waals surface area contributed by atoms with E-state index in [4.69, 9.17) is 9.47 Å². The molecule has 1 aromatic heterocycles. The number of benzene rings is 2. The number of fused-ring (bicyclic) bond motifs is 1. The Morgan fingerprint density at radius 1 is 1.17 bits per heavy atom. The van der Waals surface area contributed by atoms with Crippen molar-refractivity contribution in [3.63, 3.8) is 0 Å². The molecule has 1 amide bonds. The number of nitrogens with one attached hydrogen (secondary N) is 1. The zero-order chi connectivity index (χ0) is 20.2. The van der Waals surface area contributed by atoms with Gasteiger partial charge in [-0.25, -0.2) is 0 Å². The average molecular weight is 390 g/mol. The maximum absolute atomic E-state index is 13.1. The van der Waals surface area contributed by atoms with Gasteiger partial charge < -0.3 is 14.8 Å². The van der Waals surface area contributed by atoms with Gasteiger partial charge in [0.1, 0.15) is 12.4 Å². The second-order valence-electron chi connectivity index (χ2n) is 7.58. The zero-order valence-corrected chi connectivity index (χ0v) is 16.9. The molecular weight excluding hydrogens is 364 g/mol. The molecule has 1 unspecified atom stereocenters. The molecule has 150 valence electrons. The third kappa shape index (κ3) is 4.57. The van der Waals surface area contributed by atoms with E-state index in [2.05, 4.69) is 10.3 Å². The van der Waals surface area contributed by atoms with E-state index in [1.807, 2.05) is 62.4 Å². The molecule has 0 spiro atoms. The molecule has 3 aromatic rings. The van der Waals surface area contributed by atoms with Crippen molar-refractivity contribution >= 4 is 22.5 Å². The maximum atomic E-state index is 13.1. The SMILES string of the molecule is Cc1ccc2nc(C)cc(C(=O)Nc3ccccc3OCC3CCCCO3)c2c1. The molecule has 1 saturated heterocycles. The molecule has 1 fully saturated rings. The number of anilines is 1. The lowest BCUT2D eigenvalue weighted by atomic mass is 10.0. The summed E-state index contributed by atoms with van der Waals surface area (Å²) in [5.74, 6) is 0.484. The molecule has 1 aliphatic rings. The van der Waals surface area contributed by atoms with Crippen molar-refractivity contribution in [2.24, 2.45) is 0 Å². The van der Waals surface area contributed by atoms with Crippen molar-refractivity contribution in [2.75, 3.05) is 18.5 Å². The molecular formula is C24H26N2O3. The van der Waals surface area contributed by atoms with Gasteiger partial charge >= 0.3 is 0 Å². The minimum atomic E-state index is -0.170. The Labute approximate surface area is 171 Å². The van der Waals surface area contributed by atoms with E-state index in [1.165, 1.54) is 6.42 Å². The fourth-order valence-corrected chi connectivity index (χ4v) is 3.67. The lowest BCUT2D eigenvalue weighted by Crippen LogP contribution is -2.26. The number of pyridine rings is 1. The van der Waals surface area contributed by atoms with Crippen molar-refractivity contribution < 1.29 is 14.3 Å². The van der Waals surface area contributed by atoms with E-state index in [-0.39, 0.29) is 12.0 Å². The fraction of sp³-hybridized carbons (Fsp3) is 0.333. The standard InChI is InChI=1S/C24H26N2O3/c1-16-10-11-21-19(13-16)20(14-17(2)25-21)24(27)26-22-8-3-4-9-23(22)29-15-18-7-5-6-12-28-18/h3-4,8-11,13-14,18H,5-7,12,15H2,1-2H3,(H,26,27). The van der Waals surface area contributed by atoms with Crippen LogP contribution in [0.5, 0.6) is 5.75 Å². The molecule has 4 rings (SSSR count). The smallest absolute Gasteiger partial charge is 0.256 e. The highest BCUT2D eigenvalue weighted by Gasteiger charge is 2.17. The Morgan fingerprint density at radius 3 is 2.86 bits per heavy atom. The normalized spacial score (nSPS) is 16.6. The molecule has 1 N–H and O–H groups in total. The van der Waals surface area contributed by atoms with Gasteiger partial charge in [0.2, 0.25) is 0 Å². The van der Waals surface area contributed by atoms with E-state index >= 15 is 0 Å². The first-order chi connectivity index (χ1) is 14.1. The molecule has 5 nitrogen and oxygen atoms in total. The minimum absolute atomic E-state index is 0.113. The van der Waals surface area contributed by atoms with Crippen LogP contribution in [-0.4, -0.2) is 30.2 Å². The van der Waals surface area contributed by atoms with Crippen molar-refractivity contribution in [1.82, 2.24) is 4.98 Å². The molecule has 1 aliphatic heterocycles. The predicted octanol–water partition coefficient (Wildman–Crippen LogP) is 5.05. The van der Waals surface area contributed by atoms with Crippen molar-refractivity contribution in [3.8, 4) is 5.75 Å². The highest BCUT2D eigenvalue weighted by atomic mass is 16.5. The van der Waals surface area contributed by atoms with Crippen LogP contribution in [0.2, 0.25) is 0 Å². The number of rotatable bonds is 5. The number of amides is 1. The minimum Gasteiger partial charge on any atom is -0.489 e. The van der Waals surface area contributed by atoms with E-state index in [9.17, 15) is 4.79 Å². The van der Waals surface area contributed by atoms with Crippen molar-refractivity contribution in [3.05, 3.63) is 65.4 Å². The molecule has 0 bridgehead atoms. The van der Waals surface area contributed by atoms with Crippen LogP contribution >= 0.6 is 0 Å².